The van der Waals surface area contributed by atoms with Gasteiger partial charge >= 0.3 is 6.18 Å². The average Bonchev–Trinajstić information content (AvgIpc) is 2.65. The Morgan fingerprint density at radius 2 is 1.94 bits per heavy atom. The Labute approximate surface area is 96.9 Å². The van der Waals surface area contributed by atoms with Crippen LogP contribution in [0.4, 0.5) is 13.2 Å². The second kappa shape index (κ2) is 3.89. The molecule has 16 heavy (non-hydrogen) atoms. The number of H-pyrrole nitrogens is 1. The van der Waals surface area contributed by atoms with Crippen molar-refractivity contribution < 1.29 is 13.2 Å². The van der Waals surface area contributed by atoms with Gasteiger partial charge in [0, 0.05) is 22.4 Å². The van der Waals surface area contributed by atoms with Crippen molar-refractivity contribution in [2.75, 3.05) is 0 Å². The van der Waals surface area contributed by atoms with Crippen LogP contribution >= 0.6 is 15.9 Å². The van der Waals surface area contributed by atoms with Gasteiger partial charge in [0.1, 0.15) is 11.5 Å². The number of nitrogens with one attached hydrogen (secondary N) is 1. The molecule has 0 bridgehead atoms. The highest BCUT2D eigenvalue weighted by molar-refractivity contribution is 9.10. The van der Waals surface area contributed by atoms with Crippen molar-refractivity contribution in [2.45, 2.75) is 6.18 Å². The Balaban J connectivity index is 2.39. The Bertz CT molecular complexity index is 507. The first kappa shape index (κ1) is 11.1. The maximum atomic E-state index is 12.3. The smallest absolute Gasteiger partial charge is 0.334 e. The molecule has 0 aliphatic heterocycles. The quantitative estimate of drug-likeness (QED) is 0.876. The zero-order valence-electron chi connectivity index (χ0n) is 7.72. The van der Waals surface area contributed by atoms with Gasteiger partial charge < -0.3 is 4.98 Å². The van der Waals surface area contributed by atoms with E-state index >= 15 is 0 Å². The van der Waals surface area contributed by atoms with Crippen LogP contribution < -0.4 is 0 Å². The molecule has 2 heterocycles. The molecule has 0 saturated heterocycles. The molecule has 0 aliphatic rings. The fourth-order valence-corrected chi connectivity index (χ4v) is 1.52. The lowest BCUT2D eigenvalue weighted by Crippen LogP contribution is -2.04. The molecule has 7 heteroatoms. The SMILES string of the molecule is FC(F)(F)c1cnc(-c2cncc(Br)c2)[nH]1. The molecule has 0 atom stereocenters. The van der Waals surface area contributed by atoms with Gasteiger partial charge in [0.15, 0.2) is 0 Å². The number of imidazole rings is 1. The van der Waals surface area contributed by atoms with Crippen LogP contribution in [0, 0.1) is 0 Å². The number of alkyl halides is 3. The molecule has 84 valence electrons. The lowest BCUT2D eigenvalue weighted by Gasteiger charge is -2.01. The molecule has 0 spiro atoms. The largest absolute Gasteiger partial charge is 0.432 e. The molecular formula is C9H5BrF3N3. The fraction of sp³-hybridized carbons (Fsp3) is 0.111. The summed E-state index contributed by atoms with van der Waals surface area (Å²) in [4.78, 5) is 9.70. The van der Waals surface area contributed by atoms with Crippen molar-refractivity contribution in [1.82, 2.24) is 15.0 Å². The highest BCUT2D eigenvalue weighted by Crippen LogP contribution is 2.29. The Morgan fingerprint density at radius 3 is 2.50 bits per heavy atom. The van der Waals surface area contributed by atoms with E-state index in [0.717, 1.165) is 6.20 Å². The van der Waals surface area contributed by atoms with Gasteiger partial charge in [0.05, 0.1) is 6.20 Å². The molecule has 1 N–H and O–H groups in total. The number of nitrogens with zero attached hydrogens (tertiary/aromatic N) is 2. The van der Waals surface area contributed by atoms with Crippen LogP contribution in [0.5, 0.6) is 0 Å². The van der Waals surface area contributed by atoms with Gasteiger partial charge in [0.2, 0.25) is 0 Å². The third-order valence-electron chi connectivity index (χ3n) is 1.86. The van der Waals surface area contributed by atoms with Crippen molar-refractivity contribution in [3.63, 3.8) is 0 Å². The van der Waals surface area contributed by atoms with Gasteiger partial charge in [-0.25, -0.2) is 4.98 Å². The number of aromatic amines is 1. The highest BCUT2D eigenvalue weighted by Gasteiger charge is 2.33. The van der Waals surface area contributed by atoms with Crippen LogP contribution in [-0.2, 0) is 6.18 Å². The van der Waals surface area contributed by atoms with Gasteiger partial charge in [-0.15, -0.1) is 0 Å². The minimum Gasteiger partial charge on any atom is -0.334 e. The van der Waals surface area contributed by atoms with Crippen LogP contribution in [-0.4, -0.2) is 15.0 Å². The van der Waals surface area contributed by atoms with Crippen molar-refractivity contribution in [2.24, 2.45) is 0 Å². The van der Waals surface area contributed by atoms with Gasteiger partial charge in [0.25, 0.3) is 0 Å². The summed E-state index contributed by atoms with van der Waals surface area (Å²) in [6, 6.07) is 1.63. The Morgan fingerprint density at radius 1 is 1.19 bits per heavy atom. The summed E-state index contributed by atoms with van der Waals surface area (Å²) in [5.41, 5.74) is -0.382. The van der Waals surface area contributed by atoms with Crippen molar-refractivity contribution in [3.8, 4) is 11.4 Å². The van der Waals surface area contributed by atoms with Gasteiger partial charge in [-0.2, -0.15) is 13.2 Å². The zero-order chi connectivity index (χ0) is 11.8. The molecule has 2 aromatic heterocycles. The second-order valence-corrected chi connectivity index (χ2v) is 3.95. The summed E-state index contributed by atoms with van der Waals surface area (Å²) in [6.45, 7) is 0. The molecule has 0 amide bonds. The molecule has 0 saturated carbocycles. The molecule has 3 nitrogen and oxygen atoms in total. The normalized spacial score (nSPS) is 11.8. The number of halogens is 4. The summed E-state index contributed by atoms with van der Waals surface area (Å²) >= 11 is 3.18. The predicted molar refractivity (Wildman–Crippen MR) is 54.5 cm³/mol. The summed E-state index contributed by atoms with van der Waals surface area (Å²) in [5.74, 6) is 0.140. The molecule has 0 aliphatic carbocycles. The number of hydrogen-bond donors (Lipinski definition) is 1. The predicted octanol–water partition coefficient (Wildman–Crippen LogP) is 3.25. The first-order valence-corrected chi connectivity index (χ1v) is 4.99. The van der Waals surface area contributed by atoms with E-state index in [4.69, 9.17) is 0 Å². The monoisotopic (exact) mass is 291 g/mol. The molecular weight excluding hydrogens is 287 g/mol. The zero-order valence-corrected chi connectivity index (χ0v) is 9.30. The number of hydrogen-bond acceptors (Lipinski definition) is 2. The Kier molecular flexibility index (Phi) is 2.71. The highest BCUT2D eigenvalue weighted by atomic mass is 79.9. The van der Waals surface area contributed by atoms with E-state index < -0.39 is 11.9 Å². The molecule has 0 radical (unpaired) electrons. The standard InChI is InChI=1S/C9H5BrF3N3/c10-6-1-5(2-14-3-6)8-15-4-7(16-8)9(11,12)13/h1-4H,(H,15,16). The maximum absolute atomic E-state index is 12.3. The van der Waals surface area contributed by atoms with Crippen molar-refractivity contribution in [1.29, 1.82) is 0 Å². The third kappa shape index (κ3) is 2.24. The lowest BCUT2D eigenvalue weighted by atomic mass is 10.3. The van der Waals surface area contributed by atoms with E-state index in [-0.39, 0.29) is 5.82 Å². The summed E-state index contributed by atoms with van der Waals surface area (Å²) < 4.78 is 37.6. The lowest BCUT2D eigenvalue weighted by molar-refractivity contribution is -0.140. The molecule has 0 fully saturated rings. The van der Waals surface area contributed by atoms with Gasteiger partial charge in [-0.3, -0.25) is 4.98 Å². The van der Waals surface area contributed by atoms with Crippen LogP contribution in [0.2, 0.25) is 0 Å². The summed E-state index contributed by atoms with van der Waals surface area (Å²) in [5, 5.41) is 0. The number of pyridine rings is 1. The van der Waals surface area contributed by atoms with E-state index in [1.54, 1.807) is 6.07 Å². The molecule has 0 unspecified atom stereocenters. The first-order chi connectivity index (χ1) is 7.47. The summed E-state index contributed by atoms with van der Waals surface area (Å²) in [7, 11) is 0. The van der Waals surface area contributed by atoms with Crippen LogP contribution in [0.25, 0.3) is 11.4 Å². The first-order valence-electron chi connectivity index (χ1n) is 4.20. The number of aromatic nitrogens is 3. The topological polar surface area (TPSA) is 41.6 Å². The number of rotatable bonds is 1. The van der Waals surface area contributed by atoms with Crippen LogP contribution in [0.1, 0.15) is 5.69 Å². The molecule has 0 aromatic carbocycles. The minimum atomic E-state index is -4.41. The van der Waals surface area contributed by atoms with Crippen LogP contribution in [0.3, 0.4) is 0 Å². The molecule has 2 rings (SSSR count). The fourth-order valence-electron chi connectivity index (χ4n) is 1.15. The van der Waals surface area contributed by atoms with Crippen molar-refractivity contribution >= 4 is 15.9 Å². The third-order valence-corrected chi connectivity index (χ3v) is 2.29. The van der Waals surface area contributed by atoms with E-state index in [9.17, 15) is 13.2 Å². The van der Waals surface area contributed by atoms with E-state index in [1.165, 1.54) is 12.4 Å². The summed E-state index contributed by atoms with van der Waals surface area (Å²) in [6.07, 6.45) is -0.679. The molecule has 2 aromatic rings. The van der Waals surface area contributed by atoms with E-state index in [0.29, 0.717) is 10.0 Å². The Hall–Kier alpha value is -1.37. The van der Waals surface area contributed by atoms with E-state index in [2.05, 4.69) is 30.9 Å². The van der Waals surface area contributed by atoms with E-state index in [1.807, 2.05) is 0 Å². The van der Waals surface area contributed by atoms with Crippen molar-refractivity contribution in [3.05, 3.63) is 34.8 Å². The minimum absolute atomic E-state index is 0.140. The van der Waals surface area contributed by atoms with Gasteiger partial charge in [-0.05, 0) is 22.0 Å². The average molecular weight is 292 g/mol. The second-order valence-electron chi connectivity index (χ2n) is 3.04. The van der Waals surface area contributed by atoms with Gasteiger partial charge in [-0.1, -0.05) is 0 Å². The van der Waals surface area contributed by atoms with Crippen LogP contribution in [0.15, 0.2) is 29.1 Å². The maximum Gasteiger partial charge on any atom is 0.432 e.